The summed E-state index contributed by atoms with van der Waals surface area (Å²) in [5, 5.41) is 25.1. The van der Waals surface area contributed by atoms with Crippen LogP contribution in [0.2, 0.25) is 0 Å². The van der Waals surface area contributed by atoms with Crippen LogP contribution in [0.3, 0.4) is 0 Å². The first-order valence-corrected chi connectivity index (χ1v) is 7.29. The quantitative estimate of drug-likeness (QED) is 0.254. The molecule has 0 radical (unpaired) electrons. The van der Waals surface area contributed by atoms with Crippen molar-refractivity contribution in [2.45, 2.75) is 0 Å². The van der Waals surface area contributed by atoms with Gasteiger partial charge in [0, 0.05) is 18.2 Å². The third-order valence-corrected chi connectivity index (χ3v) is 3.18. The van der Waals surface area contributed by atoms with Gasteiger partial charge in [0.25, 0.3) is 5.69 Å². The van der Waals surface area contributed by atoms with E-state index in [1.54, 1.807) is 0 Å². The highest BCUT2D eigenvalue weighted by atomic mass is 32.1. The van der Waals surface area contributed by atoms with E-state index in [1.165, 1.54) is 36.4 Å². The van der Waals surface area contributed by atoms with E-state index in [0.29, 0.717) is 5.56 Å². The van der Waals surface area contributed by atoms with Gasteiger partial charge in [0.2, 0.25) is 5.91 Å². The van der Waals surface area contributed by atoms with Crippen LogP contribution in [0.5, 0.6) is 5.75 Å². The average molecular weight is 361 g/mol. The second kappa shape index (κ2) is 7.97. The number of nitro benzene ring substituents is 1. The third kappa shape index (κ3) is 5.36. The number of amides is 1. The fourth-order valence-corrected chi connectivity index (χ4v) is 2.00. The van der Waals surface area contributed by atoms with E-state index in [9.17, 15) is 24.4 Å². The number of benzene rings is 2. The van der Waals surface area contributed by atoms with Crippen molar-refractivity contribution in [3.63, 3.8) is 0 Å². The summed E-state index contributed by atoms with van der Waals surface area (Å²) in [4.78, 5) is 21.9. The van der Waals surface area contributed by atoms with Crippen molar-refractivity contribution >= 4 is 40.7 Å². The van der Waals surface area contributed by atoms with Crippen LogP contribution in [0.1, 0.15) is 5.56 Å². The first-order chi connectivity index (χ1) is 11.8. The van der Waals surface area contributed by atoms with Crippen LogP contribution in [0, 0.1) is 15.9 Å². The molecule has 0 bridgehead atoms. The van der Waals surface area contributed by atoms with Crippen LogP contribution in [-0.2, 0) is 4.79 Å². The lowest BCUT2D eigenvalue weighted by Gasteiger charge is -2.09. The lowest BCUT2D eigenvalue weighted by atomic mass is 10.2. The molecule has 0 spiro atoms. The molecule has 0 aliphatic rings. The smallest absolute Gasteiger partial charge is 0.271 e. The Hall–Kier alpha value is -3.33. The second-order valence-electron chi connectivity index (χ2n) is 4.79. The number of rotatable bonds is 4. The Morgan fingerprint density at radius 1 is 1.24 bits per heavy atom. The molecule has 2 rings (SSSR count). The zero-order valence-corrected chi connectivity index (χ0v) is 13.4. The molecule has 0 heterocycles. The molecule has 0 aliphatic carbocycles. The van der Waals surface area contributed by atoms with Gasteiger partial charge in [0.1, 0.15) is 11.6 Å². The number of phenolic OH excluding ortho intramolecular Hbond substituents is 1. The van der Waals surface area contributed by atoms with Gasteiger partial charge in [-0.2, -0.15) is 0 Å². The number of thiocarbonyl (C=S) groups is 1. The highest BCUT2D eigenvalue weighted by Crippen LogP contribution is 2.27. The molecule has 0 unspecified atom stereocenters. The van der Waals surface area contributed by atoms with E-state index in [1.807, 2.05) is 0 Å². The van der Waals surface area contributed by atoms with Gasteiger partial charge in [-0.3, -0.25) is 20.2 Å². The Labute approximate surface area is 146 Å². The molecule has 2 aromatic rings. The summed E-state index contributed by atoms with van der Waals surface area (Å²) in [5.41, 5.74) is 0.361. The minimum Gasteiger partial charge on any atom is -0.506 e. The van der Waals surface area contributed by atoms with Gasteiger partial charge in [-0.15, -0.1) is 0 Å². The number of nitro groups is 1. The monoisotopic (exact) mass is 361 g/mol. The molecule has 0 saturated heterocycles. The largest absolute Gasteiger partial charge is 0.506 e. The highest BCUT2D eigenvalue weighted by Gasteiger charge is 2.11. The summed E-state index contributed by atoms with van der Waals surface area (Å²) in [6.07, 6.45) is 2.65. The Morgan fingerprint density at radius 3 is 2.56 bits per heavy atom. The Balaban J connectivity index is 1.97. The van der Waals surface area contributed by atoms with Crippen molar-refractivity contribution in [3.8, 4) is 5.75 Å². The number of nitrogens with one attached hydrogen (secondary N) is 2. The molecule has 9 heteroatoms. The zero-order valence-electron chi connectivity index (χ0n) is 12.6. The van der Waals surface area contributed by atoms with Crippen molar-refractivity contribution in [2.75, 3.05) is 5.32 Å². The second-order valence-corrected chi connectivity index (χ2v) is 5.20. The number of halogens is 1. The maximum atomic E-state index is 12.8. The van der Waals surface area contributed by atoms with Gasteiger partial charge < -0.3 is 10.4 Å². The zero-order chi connectivity index (χ0) is 18.4. The number of nitrogens with zero attached hydrogens (tertiary/aromatic N) is 1. The van der Waals surface area contributed by atoms with Gasteiger partial charge >= 0.3 is 0 Å². The number of hydrogen-bond acceptors (Lipinski definition) is 5. The van der Waals surface area contributed by atoms with Crippen molar-refractivity contribution in [2.24, 2.45) is 0 Å². The molecule has 2 aromatic carbocycles. The van der Waals surface area contributed by atoms with Crippen LogP contribution in [-0.4, -0.2) is 21.0 Å². The number of carbonyl (C=O) groups excluding carboxylic acids is 1. The van der Waals surface area contributed by atoms with Crippen molar-refractivity contribution in [3.05, 3.63) is 70.0 Å². The minimum absolute atomic E-state index is 0.0120. The van der Waals surface area contributed by atoms with Crippen molar-refractivity contribution < 1.29 is 19.2 Å². The number of carbonyl (C=O) groups is 1. The predicted molar refractivity (Wildman–Crippen MR) is 94.6 cm³/mol. The topological polar surface area (TPSA) is 104 Å². The first kappa shape index (κ1) is 18.0. The SMILES string of the molecule is O=C(/C=C/c1ccc(F)cc1)NC(=S)Nc1cc([N+](=O)[O-])ccc1O. The Bertz CT molecular complexity index is 853. The summed E-state index contributed by atoms with van der Waals surface area (Å²) in [6.45, 7) is 0. The van der Waals surface area contributed by atoms with E-state index >= 15 is 0 Å². The van der Waals surface area contributed by atoms with Gasteiger partial charge in [-0.1, -0.05) is 12.1 Å². The number of anilines is 1. The maximum Gasteiger partial charge on any atom is 0.271 e. The molecule has 0 atom stereocenters. The van der Waals surface area contributed by atoms with E-state index in [0.717, 1.165) is 18.2 Å². The predicted octanol–water partition coefficient (Wildman–Crippen LogP) is 2.97. The molecular weight excluding hydrogens is 349 g/mol. The number of phenols is 1. The van der Waals surface area contributed by atoms with Crippen LogP contribution in [0.15, 0.2) is 48.5 Å². The molecule has 25 heavy (non-hydrogen) atoms. The molecule has 7 nitrogen and oxygen atoms in total. The Kier molecular flexibility index (Phi) is 5.75. The summed E-state index contributed by atoms with van der Waals surface area (Å²) in [5.74, 6) is -1.21. The van der Waals surface area contributed by atoms with Gasteiger partial charge in [0.15, 0.2) is 5.11 Å². The highest BCUT2D eigenvalue weighted by molar-refractivity contribution is 7.80. The van der Waals surface area contributed by atoms with Crippen LogP contribution in [0.25, 0.3) is 6.08 Å². The first-order valence-electron chi connectivity index (χ1n) is 6.88. The van der Waals surface area contributed by atoms with Gasteiger partial charge in [-0.05, 0) is 42.1 Å². The van der Waals surface area contributed by atoms with Crippen LogP contribution in [0.4, 0.5) is 15.8 Å². The summed E-state index contributed by atoms with van der Waals surface area (Å²) in [7, 11) is 0. The third-order valence-electron chi connectivity index (χ3n) is 2.97. The molecule has 0 aromatic heterocycles. The van der Waals surface area contributed by atoms with E-state index in [2.05, 4.69) is 10.6 Å². The fraction of sp³-hybridized carbons (Fsp3) is 0. The summed E-state index contributed by atoms with van der Waals surface area (Å²) >= 11 is 4.92. The van der Waals surface area contributed by atoms with E-state index in [4.69, 9.17) is 12.2 Å². The molecular formula is C16H12FN3O4S. The van der Waals surface area contributed by atoms with Crippen LogP contribution >= 0.6 is 12.2 Å². The van der Waals surface area contributed by atoms with Gasteiger partial charge in [0.05, 0.1) is 10.6 Å². The molecule has 0 saturated carbocycles. The number of aromatic hydroxyl groups is 1. The van der Waals surface area contributed by atoms with E-state index in [-0.39, 0.29) is 28.1 Å². The van der Waals surface area contributed by atoms with Crippen LogP contribution < -0.4 is 10.6 Å². The number of non-ortho nitro benzene ring substituents is 1. The maximum absolute atomic E-state index is 12.8. The van der Waals surface area contributed by atoms with E-state index < -0.39 is 10.8 Å². The molecule has 3 N–H and O–H groups in total. The summed E-state index contributed by atoms with van der Waals surface area (Å²) in [6, 6.07) is 8.87. The molecule has 0 fully saturated rings. The molecule has 0 aliphatic heterocycles. The normalized spacial score (nSPS) is 10.4. The fourth-order valence-electron chi connectivity index (χ4n) is 1.79. The van der Waals surface area contributed by atoms with Gasteiger partial charge in [-0.25, -0.2) is 4.39 Å². The van der Waals surface area contributed by atoms with Crippen molar-refractivity contribution in [1.29, 1.82) is 0 Å². The lowest BCUT2D eigenvalue weighted by Crippen LogP contribution is -2.32. The minimum atomic E-state index is -0.627. The summed E-state index contributed by atoms with van der Waals surface area (Å²) < 4.78 is 12.8. The Morgan fingerprint density at radius 2 is 1.92 bits per heavy atom. The molecule has 1 amide bonds. The standard InChI is InChI=1S/C16H12FN3O4S/c17-11-4-1-10(2-5-11)3-8-15(22)19-16(25)18-13-9-12(20(23)24)6-7-14(13)21/h1-9,21H,(H2,18,19,22,25)/b8-3+. The lowest BCUT2D eigenvalue weighted by molar-refractivity contribution is -0.384. The number of hydrogen-bond donors (Lipinski definition) is 3. The van der Waals surface area contributed by atoms with Crippen molar-refractivity contribution in [1.82, 2.24) is 5.32 Å². The average Bonchev–Trinajstić information content (AvgIpc) is 2.56. The molecule has 128 valence electrons.